The molecule has 0 aliphatic heterocycles. The van der Waals surface area contributed by atoms with E-state index in [1.54, 1.807) is 36.4 Å². The Morgan fingerprint density at radius 2 is 2.05 bits per heavy atom. The normalized spacial score (nSPS) is 10.2. The molecule has 0 unspecified atom stereocenters. The van der Waals surface area contributed by atoms with Gasteiger partial charge in [-0.1, -0.05) is 11.6 Å². The van der Waals surface area contributed by atoms with E-state index in [0.29, 0.717) is 38.8 Å². The van der Waals surface area contributed by atoms with Crippen molar-refractivity contribution in [3.63, 3.8) is 0 Å². The van der Waals surface area contributed by atoms with Gasteiger partial charge in [-0.3, -0.25) is 4.79 Å². The lowest BCUT2D eigenvalue weighted by Crippen LogP contribution is -2.22. The van der Waals surface area contributed by atoms with Crippen molar-refractivity contribution in [2.24, 2.45) is 0 Å². The predicted octanol–water partition coefficient (Wildman–Crippen LogP) is 4.23. The number of hydrogen-bond donors (Lipinski definition) is 2. The van der Waals surface area contributed by atoms with Crippen molar-refractivity contribution in [1.29, 1.82) is 0 Å². The Kier molecular flexibility index (Phi) is 5.09. The topological polar surface area (TPSA) is 64.4 Å². The van der Waals surface area contributed by atoms with Gasteiger partial charge in [-0.05, 0) is 59.3 Å². The fraction of sp³-hybridized carbons (Fsp3) is 0.133. The van der Waals surface area contributed by atoms with Crippen molar-refractivity contribution in [1.82, 2.24) is 5.32 Å². The molecule has 2 rings (SSSR count). The first kappa shape index (κ1) is 15.7. The number of nitrogen functional groups attached to an aromatic ring is 1. The maximum Gasteiger partial charge on any atom is 0.251 e. The van der Waals surface area contributed by atoms with Gasteiger partial charge in [0.25, 0.3) is 5.91 Å². The highest BCUT2D eigenvalue weighted by molar-refractivity contribution is 9.10. The van der Waals surface area contributed by atoms with Gasteiger partial charge in [0.05, 0.1) is 10.2 Å². The first-order valence-electron chi connectivity index (χ1n) is 6.32. The summed E-state index contributed by atoms with van der Waals surface area (Å²) in [4.78, 5) is 11.8. The van der Waals surface area contributed by atoms with Crippen LogP contribution in [0.2, 0.25) is 5.02 Å². The summed E-state index contributed by atoms with van der Waals surface area (Å²) in [6.07, 6.45) is 0. The Morgan fingerprint density at radius 3 is 2.71 bits per heavy atom. The molecule has 0 aliphatic rings. The number of nitrogens with one attached hydrogen (secondary N) is 1. The molecular weight excluding hydrogens is 356 g/mol. The second-order valence-corrected chi connectivity index (χ2v) is 5.58. The minimum atomic E-state index is -0.169. The van der Waals surface area contributed by atoms with E-state index in [0.717, 1.165) is 0 Å². The van der Waals surface area contributed by atoms with E-state index in [1.807, 2.05) is 6.92 Å². The number of halogens is 2. The summed E-state index contributed by atoms with van der Waals surface area (Å²) in [6.45, 7) is 2.42. The van der Waals surface area contributed by atoms with Crippen LogP contribution in [0, 0.1) is 0 Å². The molecule has 0 fully saturated rings. The van der Waals surface area contributed by atoms with E-state index in [9.17, 15) is 4.79 Å². The number of carbonyl (C=O) groups excluding carboxylic acids is 1. The zero-order chi connectivity index (χ0) is 15.4. The molecule has 21 heavy (non-hydrogen) atoms. The van der Waals surface area contributed by atoms with Crippen LogP contribution in [-0.4, -0.2) is 12.5 Å². The zero-order valence-electron chi connectivity index (χ0n) is 11.3. The molecule has 0 spiro atoms. The second kappa shape index (κ2) is 6.83. The Bertz CT molecular complexity index is 677. The number of anilines is 1. The van der Waals surface area contributed by atoms with E-state index in [1.165, 1.54) is 0 Å². The minimum absolute atomic E-state index is 0.169. The SMILES string of the molecule is CCNC(=O)c1ccc(N)c(Oc2ccc(Cl)cc2Br)c1. The van der Waals surface area contributed by atoms with Crippen LogP contribution in [0.1, 0.15) is 17.3 Å². The van der Waals surface area contributed by atoms with Crippen molar-refractivity contribution < 1.29 is 9.53 Å². The average molecular weight is 370 g/mol. The molecule has 4 nitrogen and oxygen atoms in total. The molecule has 0 radical (unpaired) electrons. The quantitative estimate of drug-likeness (QED) is 0.793. The lowest BCUT2D eigenvalue weighted by atomic mass is 10.1. The summed E-state index contributed by atoms with van der Waals surface area (Å²) in [5.41, 5.74) is 6.83. The molecule has 6 heteroatoms. The van der Waals surface area contributed by atoms with Gasteiger partial charge in [-0.25, -0.2) is 0 Å². The van der Waals surface area contributed by atoms with E-state index in [-0.39, 0.29) is 5.91 Å². The highest BCUT2D eigenvalue weighted by Crippen LogP contribution is 2.34. The van der Waals surface area contributed by atoms with Gasteiger partial charge in [0.1, 0.15) is 5.75 Å². The molecule has 0 heterocycles. The number of carbonyl (C=O) groups is 1. The molecule has 3 N–H and O–H groups in total. The summed E-state index contributed by atoms with van der Waals surface area (Å²) in [5, 5.41) is 3.32. The van der Waals surface area contributed by atoms with Crippen LogP contribution in [0.4, 0.5) is 5.69 Å². The van der Waals surface area contributed by atoms with Crippen LogP contribution in [0.3, 0.4) is 0 Å². The molecule has 2 aromatic carbocycles. The fourth-order valence-electron chi connectivity index (χ4n) is 1.70. The first-order valence-corrected chi connectivity index (χ1v) is 7.49. The lowest BCUT2D eigenvalue weighted by molar-refractivity contribution is 0.0955. The largest absolute Gasteiger partial charge is 0.454 e. The Morgan fingerprint density at radius 1 is 1.29 bits per heavy atom. The van der Waals surface area contributed by atoms with Gasteiger partial charge in [0.2, 0.25) is 0 Å². The van der Waals surface area contributed by atoms with E-state index >= 15 is 0 Å². The third-order valence-corrected chi connectivity index (χ3v) is 3.58. The molecule has 110 valence electrons. The van der Waals surface area contributed by atoms with Crippen LogP contribution in [0.25, 0.3) is 0 Å². The second-order valence-electron chi connectivity index (χ2n) is 4.29. The number of benzene rings is 2. The Labute approximate surface area is 136 Å². The van der Waals surface area contributed by atoms with E-state index in [4.69, 9.17) is 22.1 Å². The van der Waals surface area contributed by atoms with Crippen LogP contribution >= 0.6 is 27.5 Å². The molecule has 0 aliphatic carbocycles. The van der Waals surface area contributed by atoms with Crippen molar-refractivity contribution in [3.8, 4) is 11.5 Å². The molecule has 1 amide bonds. The van der Waals surface area contributed by atoms with Gasteiger partial charge >= 0.3 is 0 Å². The monoisotopic (exact) mass is 368 g/mol. The van der Waals surface area contributed by atoms with Gasteiger partial charge in [-0.2, -0.15) is 0 Å². The average Bonchev–Trinajstić information content (AvgIpc) is 2.44. The summed E-state index contributed by atoms with van der Waals surface area (Å²) >= 11 is 9.26. The molecule has 0 saturated heterocycles. The van der Waals surface area contributed by atoms with Crippen LogP contribution in [0.5, 0.6) is 11.5 Å². The molecule has 0 bridgehead atoms. The fourth-order valence-corrected chi connectivity index (χ4v) is 2.47. The summed E-state index contributed by atoms with van der Waals surface area (Å²) < 4.78 is 6.46. The molecule has 2 aromatic rings. The van der Waals surface area contributed by atoms with E-state index in [2.05, 4.69) is 21.2 Å². The molecular formula is C15H14BrClN2O2. The van der Waals surface area contributed by atoms with Crippen molar-refractivity contribution in [2.75, 3.05) is 12.3 Å². The van der Waals surface area contributed by atoms with Crippen molar-refractivity contribution >= 4 is 39.1 Å². The van der Waals surface area contributed by atoms with Gasteiger partial charge < -0.3 is 15.8 Å². The van der Waals surface area contributed by atoms with Gasteiger partial charge in [-0.15, -0.1) is 0 Å². The molecule has 0 saturated carbocycles. The zero-order valence-corrected chi connectivity index (χ0v) is 13.7. The number of rotatable bonds is 4. The lowest BCUT2D eigenvalue weighted by Gasteiger charge is -2.12. The summed E-state index contributed by atoms with van der Waals surface area (Å²) in [6, 6.07) is 10.1. The number of hydrogen-bond acceptors (Lipinski definition) is 3. The van der Waals surface area contributed by atoms with Gasteiger partial charge in [0, 0.05) is 17.1 Å². The minimum Gasteiger partial charge on any atom is -0.454 e. The van der Waals surface area contributed by atoms with Gasteiger partial charge in [0.15, 0.2) is 5.75 Å². The van der Waals surface area contributed by atoms with Crippen molar-refractivity contribution in [2.45, 2.75) is 6.92 Å². The Balaban J connectivity index is 2.30. The first-order chi connectivity index (χ1) is 10.0. The number of nitrogens with two attached hydrogens (primary N) is 1. The summed E-state index contributed by atoms with van der Waals surface area (Å²) in [5.74, 6) is 0.818. The van der Waals surface area contributed by atoms with Crippen molar-refractivity contribution in [3.05, 3.63) is 51.5 Å². The highest BCUT2D eigenvalue weighted by Gasteiger charge is 2.11. The third-order valence-electron chi connectivity index (χ3n) is 2.73. The predicted molar refractivity (Wildman–Crippen MR) is 88.1 cm³/mol. The van der Waals surface area contributed by atoms with Crippen LogP contribution in [-0.2, 0) is 0 Å². The van der Waals surface area contributed by atoms with Crippen LogP contribution in [0.15, 0.2) is 40.9 Å². The maximum absolute atomic E-state index is 11.8. The van der Waals surface area contributed by atoms with E-state index < -0.39 is 0 Å². The maximum atomic E-state index is 11.8. The standard InChI is InChI=1S/C15H14BrClN2O2/c1-2-19-15(20)9-3-5-12(18)14(7-9)21-13-6-4-10(17)8-11(13)16/h3-8H,2,18H2,1H3,(H,19,20). The smallest absolute Gasteiger partial charge is 0.251 e. The highest BCUT2D eigenvalue weighted by atomic mass is 79.9. The molecule has 0 aromatic heterocycles. The number of ether oxygens (including phenoxy) is 1. The third kappa shape index (κ3) is 3.89. The van der Waals surface area contributed by atoms with Crippen LogP contribution < -0.4 is 15.8 Å². The summed E-state index contributed by atoms with van der Waals surface area (Å²) in [7, 11) is 0. The number of amides is 1. The Hall–Kier alpha value is -1.72. The molecule has 0 atom stereocenters.